The third-order valence-corrected chi connectivity index (χ3v) is 2.85. The van der Waals surface area contributed by atoms with Crippen molar-refractivity contribution in [2.24, 2.45) is 0 Å². The molecule has 0 saturated carbocycles. The van der Waals surface area contributed by atoms with Gasteiger partial charge in [0.1, 0.15) is 6.07 Å². The van der Waals surface area contributed by atoms with Crippen molar-refractivity contribution in [3.63, 3.8) is 0 Å². The Labute approximate surface area is 111 Å². The van der Waals surface area contributed by atoms with E-state index in [0.29, 0.717) is 0 Å². The number of alkyl halides is 5. The number of nitriles is 1. The van der Waals surface area contributed by atoms with Gasteiger partial charge in [-0.2, -0.15) is 27.2 Å². The predicted octanol–water partition coefficient (Wildman–Crippen LogP) is 2.03. The average molecular weight is 314 g/mol. The van der Waals surface area contributed by atoms with Crippen molar-refractivity contribution in [3.8, 4) is 6.07 Å². The van der Waals surface area contributed by atoms with E-state index in [1.807, 2.05) is 0 Å². The molecule has 11 heteroatoms. The SMILES string of the molecule is N#Cc1c(C(F)(F)F)cc(=O)[nH]c1SC(F)(F)C(=O)O. The van der Waals surface area contributed by atoms with E-state index in [2.05, 4.69) is 0 Å². The highest BCUT2D eigenvalue weighted by molar-refractivity contribution is 8.01. The van der Waals surface area contributed by atoms with Gasteiger partial charge in [0, 0.05) is 6.07 Å². The van der Waals surface area contributed by atoms with Gasteiger partial charge >= 0.3 is 17.4 Å². The first kappa shape index (κ1) is 16.0. The van der Waals surface area contributed by atoms with Gasteiger partial charge in [0.25, 0.3) is 0 Å². The number of aromatic amines is 1. The molecule has 0 saturated heterocycles. The Kier molecular flexibility index (Phi) is 4.09. The van der Waals surface area contributed by atoms with Gasteiger partial charge < -0.3 is 10.1 Å². The molecule has 2 N–H and O–H groups in total. The normalized spacial score (nSPS) is 12.0. The summed E-state index contributed by atoms with van der Waals surface area (Å²) in [4.78, 5) is 22.8. The number of aromatic nitrogens is 1. The summed E-state index contributed by atoms with van der Waals surface area (Å²) in [6.45, 7) is 0. The molecular weight excluding hydrogens is 311 g/mol. The molecule has 1 aromatic heterocycles. The first-order valence-corrected chi connectivity index (χ1v) is 5.35. The summed E-state index contributed by atoms with van der Waals surface area (Å²) >= 11 is -0.861. The molecule has 0 unspecified atom stereocenters. The number of H-pyrrole nitrogens is 1. The number of carboxylic acids is 1. The number of rotatable bonds is 3. The second-order valence-corrected chi connectivity index (χ2v) is 4.41. The maximum absolute atomic E-state index is 13.0. The van der Waals surface area contributed by atoms with Crippen LogP contribution >= 0.6 is 11.8 Å². The number of thioether (sulfide) groups is 1. The molecule has 108 valence electrons. The Bertz CT molecular complexity index is 646. The number of hydrogen-bond acceptors (Lipinski definition) is 4. The fraction of sp³-hybridized carbons (Fsp3) is 0.222. The Hall–Kier alpha value is -2.09. The highest BCUT2D eigenvalue weighted by Gasteiger charge is 2.43. The lowest BCUT2D eigenvalue weighted by molar-refractivity contribution is -0.152. The first-order chi connectivity index (χ1) is 8.99. The van der Waals surface area contributed by atoms with Crippen molar-refractivity contribution >= 4 is 17.7 Å². The number of aliphatic carboxylic acids is 1. The lowest BCUT2D eigenvalue weighted by atomic mass is 10.1. The lowest BCUT2D eigenvalue weighted by Crippen LogP contribution is -2.25. The van der Waals surface area contributed by atoms with Crippen LogP contribution in [-0.2, 0) is 11.0 Å². The van der Waals surface area contributed by atoms with E-state index in [0.717, 1.165) is 6.07 Å². The zero-order chi connectivity index (χ0) is 15.7. The molecule has 0 atom stereocenters. The third-order valence-electron chi connectivity index (χ3n) is 1.90. The molecule has 0 aromatic carbocycles. The molecule has 20 heavy (non-hydrogen) atoms. The van der Waals surface area contributed by atoms with Gasteiger partial charge in [-0.1, -0.05) is 0 Å². The van der Waals surface area contributed by atoms with Crippen molar-refractivity contribution in [2.45, 2.75) is 16.5 Å². The van der Waals surface area contributed by atoms with Gasteiger partial charge in [0.05, 0.1) is 16.2 Å². The van der Waals surface area contributed by atoms with Crippen LogP contribution in [0.2, 0.25) is 0 Å². The summed E-state index contributed by atoms with van der Waals surface area (Å²) in [6.07, 6.45) is -5.12. The van der Waals surface area contributed by atoms with Crippen molar-refractivity contribution < 1.29 is 31.9 Å². The minimum Gasteiger partial charge on any atom is -0.476 e. The maximum atomic E-state index is 13.0. The summed E-state index contributed by atoms with van der Waals surface area (Å²) in [7, 11) is 0. The van der Waals surface area contributed by atoms with E-state index >= 15 is 0 Å². The van der Waals surface area contributed by atoms with Crippen LogP contribution in [0.15, 0.2) is 15.9 Å². The van der Waals surface area contributed by atoms with Gasteiger partial charge in [0.15, 0.2) is 0 Å². The molecule has 5 nitrogen and oxygen atoms in total. The molecule has 1 aromatic rings. The second kappa shape index (κ2) is 5.12. The van der Waals surface area contributed by atoms with Crippen molar-refractivity contribution in [1.29, 1.82) is 5.26 Å². The van der Waals surface area contributed by atoms with E-state index in [1.165, 1.54) is 0 Å². The minimum atomic E-state index is -5.12. The highest BCUT2D eigenvalue weighted by Crippen LogP contribution is 2.39. The van der Waals surface area contributed by atoms with E-state index in [1.54, 1.807) is 4.98 Å². The predicted molar refractivity (Wildman–Crippen MR) is 55.2 cm³/mol. The topological polar surface area (TPSA) is 94.0 Å². The smallest absolute Gasteiger partial charge is 0.417 e. The summed E-state index contributed by atoms with van der Waals surface area (Å²) in [5.41, 5.74) is -4.38. The summed E-state index contributed by atoms with van der Waals surface area (Å²) in [6, 6.07) is 1.05. The van der Waals surface area contributed by atoms with Crippen molar-refractivity contribution in [1.82, 2.24) is 4.98 Å². The van der Waals surface area contributed by atoms with E-state index < -0.39 is 50.9 Å². The van der Waals surface area contributed by atoms with Crippen LogP contribution in [0, 0.1) is 11.3 Å². The van der Waals surface area contributed by atoms with Crippen molar-refractivity contribution in [3.05, 3.63) is 27.5 Å². The fourth-order valence-electron chi connectivity index (χ4n) is 1.12. The van der Waals surface area contributed by atoms with Crippen LogP contribution < -0.4 is 5.56 Å². The Morgan fingerprint density at radius 3 is 2.30 bits per heavy atom. The van der Waals surface area contributed by atoms with Gasteiger partial charge in [-0.25, -0.2) is 4.79 Å². The number of pyridine rings is 1. The molecule has 0 spiro atoms. The molecule has 0 aliphatic rings. The molecule has 1 rings (SSSR count). The van der Waals surface area contributed by atoms with Gasteiger partial charge in [0.2, 0.25) is 5.56 Å². The van der Waals surface area contributed by atoms with Gasteiger partial charge in [-0.05, 0) is 11.8 Å². The molecule has 0 radical (unpaired) electrons. The fourth-order valence-corrected chi connectivity index (χ4v) is 1.87. The quantitative estimate of drug-likeness (QED) is 0.657. The first-order valence-electron chi connectivity index (χ1n) is 4.54. The Morgan fingerprint density at radius 2 is 1.90 bits per heavy atom. The summed E-state index contributed by atoms with van der Waals surface area (Å²) in [5, 5.41) is 11.1. The van der Waals surface area contributed by atoms with Gasteiger partial charge in [-0.3, -0.25) is 4.79 Å². The van der Waals surface area contributed by atoms with Crippen LogP contribution in [-0.4, -0.2) is 21.3 Å². The largest absolute Gasteiger partial charge is 0.476 e. The van der Waals surface area contributed by atoms with E-state index in [4.69, 9.17) is 10.4 Å². The second-order valence-electron chi connectivity index (χ2n) is 3.28. The monoisotopic (exact) mass is 314 g/mol. The number of hydrogen-bond donors (Lipinski definition) is 2. The molecule has 0 bridgehead atoms. The van der Waals surface area contributed by atoms with Crippen LogP contribution in [0.1, 0.15) is 11.1 Å². The van der Waals surface area contributed by atoms with Gasteiger partial charge in [-0.15, -0.1) is 0 Å². The summed E-state index contributed by atoms with van der Waals surface area (Å²) in [5.74, 6) is -2.62. The van der Waals surface area contributed by atoms with Crippen LogP contribution in [0.4, 0.5) is 22.0 Å². The van der Waals surface area contributed by atoms with Crippen LogP contribution in [0.5, 0.6) is 0 Å². The van der Waals surface area contributed by atoms with Crippen LogP contribution in [0.3, 0.4) is 0 Å². The Balaban J connectivity index is 3.50. The molecule has 0 amide bonds. The molecular formula is C9H3F5N2O3S. The average Bonchev–Trinajstić information content (AvgIpc) is 2.26. The number of nitrogens with zero attached hydrogens (tertiary/aromatic N) is 1. The van der Waals surface area contributed by atoms with Crippen LogP contribution in [0.25, 0.3) is 0 Å². The lowest BCUT2D eigenvalue weighted by Gasteiger charge is -2.14. The Morgan fingerprint density at radius 1 is 1.35 bits per heavy atom. The molecule has 0 aliphatic heterocycles. The number of nitrogens with one attached hydrogen (secondary N) is 1. The minimum absolute atomic E-state index is 0.0293. The maximum Gasteiger partial charge on any atom is 0.417 e. The van der Waals surface area contributed by atoms with Crippen molar-refractivity contribution in [2.75, 3.05) is 0 Å². The standard InChI is InChI=1S/C9H3F5N2O3S/c10-8(11,12)4-1-5(17)16-6(3(4)2-15)20-9(13,14)7(18)19/h1H,(H,16,17)(H,18,19). The number of halogens is 5. The number of carboxylic acid groups (broad SMARTS) is 1. The third kappa shape index (κ3) is 3.27. The van der Waals surface area contributed by atoms with E-state index in [-0.39, 0.29) is 6.07 Å². The van der Waals surface area contributed by atoms with E-state index in [9.17, 15) is 31.5 Å². The molecule has 0 aliphatic carbocycles. The highest BCUT2D eigenvalue weighted by atomic mass is 32.2. The zero-order valence-corrected chi connectivity index (χ0v) is 9.90. The summed E-state index contributed by atoms with van der Waals surface area (Å²) < 4.78 is 63.6. The molecule has 1 heterocycles. The zero-order valence-electron chi connectivity index (χ0n) is 9.09. The molecule has 0 fully saturated rings. The number of carbonyl (C=O) groups is 1.